The number of rotatable bonds is 3. The van der Waals surface area contributed by atoms with E-state index in [0.717, 1.165) is 5.69 Å². The van der Waals surface area contributed by atoms with Gasteiger partial charge >= 0.3 is 7.60 Å². The van der Waals surface area contributed by atoms with Crippen molar-refractivity contribution in [3.05, 3.63) is 35.3 Å². The SMILES string of the molecule is COP(=O)(OC)C1=C(O)c2ccccc2[N+]12CCOCC2. The van der Waals surface area contributed by atoms with E-state index in [1.165, 1.54) is 14.2 Å². The Labute approximate surface area is 123 Å². The Morgan fingerprint density at radius 1 is 1.19 bits per heavy atom. The molecule has 0 saturated carbocycles. The number of aliphatic hydroxyl groups is 1. The topological polar surface area (TPSA) is 65.0 Å². The number of hydrogen-bond acceptors (Lipinski definition) is 5. The molecule has 2 aliphatic rings. The zero-order valence-corrected chi connectivity index (χ0v) is 13.0. The lowest BCUT2D eigenvalue weighted by atomic mass is 10.1. The highest BCUT2D eigenvalue weighted by Gasteiger charge is 2.56. The van der Waals surface area contributed by atoms with Crippen molar-refractivity contribution in [2.75, 3.05) is 40.5 Å². The monoisotopic (exact) mass is 312 g/mol. The fourth-order valence-corrected chi connectivity index (χ4v) is 4.85. The van der Waals surface area contributed by atoms with Crippen molar-refractivity contribution < 1.29 is 23.5 Å². The van der Waals surface area contributed by atoms with Crippen LogP contribution in [-0.2, 0) is 18.3 Å². The Morgan fingerprint density at radius 2 is 1.81 bits per heavy atom. The average molecular weight is 312 g/mol. The summed E-state index contributed by atoms with van der Waals surface area (Å²) >= 11 is 0. The first-order valence-electron chi connectivity index (χ1n) is 6.80. The van der Waals surface area contributed by atoms with E-state index in [1.54, 1.807) is 0 Å². The number of fused-ring (bicyclic) bond motifs is 2. The number of morpholine rings is 1. The molecule has 1 aromatic carbocycles. The summed E-state index contributed by atoms with van der Waals surface area (Å²) in [6.07, 6.45) is 0. The van der Waals surface area contributed by atoms with Crippen LogP contribution in [-0.4, -0.2) is 45.6 Å². The summed E-state index contributed by atoms with van der Waals surface area (Å²) in [5.74, 6) is -0.000432. The van der Waals surface area contributed by atoms with E-state index in [0.29, 0.717) is 37.3 Å². The van der Waals surface area contributed by atoms with E-state index in [9.17, 15) is 9.67 Å². The van der Waals surface area contributed by atoms with Gasteiger partial charge in [0.25, 0.3) is 5.44 Å². The van der Waals surface area contributed by atoms with Crippen LogP contribution in [0, 0.1) is 0 Å². The van der Waals surface area contributed by atoms with E-state index < -0.39 is 7.60 Å². The first kappa shape index (κ1) is 14.8. The third-order valence-corrected chi connectivity index (χ3v) is 6.29. The maximum absolute atomic E-state index is 13.0. The van der Waals surface area contributed by atoms with E-state index >= 15 is 0 Å². The van der Waals surface area contributed by atoms with Crippen molar-refractivity contribution in [3.8, 4) is 0 Å². The molecule has 1 aromatic rings. The summed E-state index contributed by atoms with van der Waals surface area (Å²) in [4.78, 5) is 0. The van der Waals surface area contributed by atoms with Gasteiger partial charge in [-0.3, -0.25) is 0 Å². The first-order chi connectivity index (χ1) is 10.1. The van der Waals surface area contributed by atoms with E-state index in [2.05, 4.69) is 0 Å². The quantitative estimate of drug-likeness (QED) is 0.687. The lowest BCUT2D eigenvalue weighted by molar-refractivity contribution is 0.0582. The minimum absolute atomic E-state index is 0.000432. The Hall–Kier alpha value is -1.17. The fraction of sp³-hybridized carbons (Fsp3) is 0.429. The Morgan fingerprint density at radius 3 is 2.43 bits per heavy atom. The zero-order chi connectivity index (χ0) is 15.1. The molecule has 2 aliphatic heterocycles. The summed E-state index contributed by atoms with van der Waals surface area (Å²) < 4.78 is 29.0. The zero-order valence-electron chi connectivity index (χ0n) is 12.1. The minimum atomic E-state index is -3.56. The highest BCUT2D eigenvalue weighted by molar-refractivity contribution is 7.58. The van der Waals surface area contributed by atoms with Crippen LogP contribution in [0.25, 0.3) is 5.76 Å². The molecule has 0 aliphatic carbocycles. The van der Waals surface area contributed by atoms with Crippen molar-refractivity contribution >= 4 is 19.0 Å². The molecule has 0 bridgehead atoms. The van der Waals surface area contributed by atoms with Gasteiger partial charge in [0.05, 0.1) is 18.8 Å². The molecule has 1 fully saturated rings. The molecule has 3 rings (SSSR count). The Balaban J connectivity index is 2.26. The van der Waals surface area contributed by atoms with Gasteiger partial charge in [-0.25, -0.2) is 9.05 Å². The molecule has 21 heavy (non-hydrogen) atoms. The number of ether oxygens (including phenoxy) is 1. The summed E-state index contributed by atoms with van der Waals surface area (Å²) in [7, 11) is -0.880. The summed E-state index contributed by atoms with van der Waals surface area (Å²) in [5.41, 5.74) is 1.92. The van der Waals surface area contributed by atoms with Gasteiger partial charge in [0.15, 0.2) is 5.76 Å². The molecule has 0 amide bonds. The molecule has 114 valence electrons. The molecule has 2 heterocycles. The standard InChI is InChI=1S/C14H18NO5P/c1-18-21(17,19-2)14-13(16)11-5-3-4-6-12(11)15(14)7-9-20-10-8-15/h3-6H,7-10H2,1-2H3/p+1. The first-order valence-corrected chi connectivity index (χ1v) is 8.34. The molecular formula is C14H19NO5P+. The lowest BCUT2D eigenvalue weighted by Gasteiger charge is -2.39. The van der Waals surface area contributed by atoms with Crippen molar-refractivity contribution in [2.45, 2.75) is 0 Å². The second kappa shape index (κ2) is 5.23. The highest BCUT2D eigenvalue weighted by Crippen LogP contribution is 2.64. The number of quaternary nitrogens is 1. The predicted molar refractivity (Wildman–Crippen MR) is 80.0 cm³/mol. The van der Waals surface area contributed by atoms with Gasteiger partial charge in [0.1, 0.15) is 18.8 Å². The van der Waals surface area contributed by atoms with Gasteiger partial charge < -0.3 is 18.9 Å². The number of benzene rings is 1. The van der Waals surface area contributed by atoms with Gasteiger partial charge in [-0.05, 0) is 6.07 Å². The molecule has 7 heteroatoms. The largest absolute Gasteiger partial charge is 0.502 e. The normalized spacial score (nSPS) is 20.9. The van der Waals surface area contributed by atoms with Crippen LogP contribution >= 0.6 is 7.60 Å². The van der Waals surface area contributed by atoms with Gasteiger partial charge in [-0.15, -0.1) is 0 Å². The molecule has 1 N–H and O–H groups in total. The average Bonchev–Trinajstić information content (AvgIpc) is 2.78. The smallest absolute Gasteiger partial charge is 0.417 e. The molecule has 1 spiro atoms. The maximum atomic E-state index is 13.0. The second-order valence-electron chi connectivity index (χ2n) is 5.08. The van der Waals surface area contributed by atoms with Gasteiger partial charge in [-0.1, -0.05) is 12.1 Å². The van der Waals surface area contributed by atoms with Crippen molar-refractivity contribution in [3.63, 3.8) is 0 Å². The van der Waals surface area contributed by atoms with Gasteiger partial charge in [-0.2, -0.15) is 0 Å². The second-order valence-corrected chi connectivity index (χ2v) is 7.23. The van der Waals surface area contributed by atoms with Crippen molar-refractivity contribution in [1.82, 2.24) is 4.48 Å². The van der Waals surface area contributed by atoms with Crippen LogP contribution in [0.15, 0.2) is 29.7 Å². The lowest BCUT2D eigenvalue weighted by Crippen LogP contribution is -2.54. The number of para-hydroxylation sites is 1. The summed E-state index contributed by atoms with van der Waals surface area (Å²) in [6, 6.07) is 7.52. The van der Waals surface area contributed by atoms with E-state index in [4.69, 9.17) is 13.8 Å². The maximum Gasteiger partial charge on any atom is 0.417 e. The number of nitrogens with zero attached hydrogens (tertiary/aromatic N) is 1. The Kier molecular flexibility index (Phi) is 3.67. The summed E-state index contributed by atoms with van der Waals surface area (Å²) in [6.45, 7) is 2.23. The minimum Gasteiger partial charge on any atom is -0.502 e. The van der Waals surface area contributed by atoms with Crippen molar-refractivity contribution in [1.29, 1.82) is 0 Å². The molecule has 1 saturated heterocycles. The third kappa shape index (κ3) is 1.99. The van der Waals surface area contributed by atoms with Crippen LogP contribution in [0.4, 0.5) is 5.69 Å². The number of hydrogen-bond donors (Lipinski definition) is 1. The van der Waals surface area contributed by atoms with E-state index in [1.807, 2.05) is 24.3 Å². The van der Waals surface area contributed by atoms with Crippen molar-refractivity contribution in [2.24, 2.45) is 0 Å². The Bertz CT molecular complexity index is 628. The van der Waals surface area contributed by atoms with Crippen LogP contribution < -0.4 is 4.48 Å². The molecular weight excluding hydrogens is 293 g/mol. The molecule has 6 nitrogen and oxygen atoms in total. The third-order valence-electron chi connectivity index (χ3n) is 4.21. The number of aliphatic hydroxyl groups excluding tert-OH is 1. The predicted octanol–water partition coefficient (Wildman–Crippen LogP) is 2.71. The fourth-order valence-electron chi connectivity index (χ4n) is 3.20. The highest BCUT2D eigenvalue weighted by atomic mass is 31.2. The molecule has 0 radical (unpaired) electrons. The molecule has 0 unspecified atom stereocenters. The van der Waals surface area contributed by atoms with Gasteiger partial charge in [0.2, 0.25) is 0 Å². The van der Waals surface area contributed by atoms with Crippen LogP contribution in [0.1, 0.15) is 5.56 Å². The van der Waals surface area contributed by atoms with Crippen LogP contribution in [0.2, 0.25) is 0 Å². The summed E-state index contributed by atoms with van der Waals surface area (Å²) in [5, 5.41) is 10.6. The van der Waals surface area contributed by atoms with Crippen LogP contribution in [0.5, 0.6) is 0 Å². The van der Waals surface area contributed by atoms with Crippen LogP contribution in [0.3, 0.4) is 0 Å². The van der Waals surface area contributed by atoms with Gasteiger partial charge in [0, 0.05) is 20.3 Å². The molecule has 0 atom stereocenters. The molecule has 0 aromatic heterocycles. The van der Waals surface area contributed by atoms with E-state index in [-0.39, 0.29) is 10.2 Å².